The van der Waals surface area contributed by atoms with Crippen LogP contribution in [0.5, 0.6) is 0 Å². The third-order valence-corrected chi connectivity index (χ3v) is 3.73. The van der Waals surface area contributed by atoms with Crippen LogP contribution in [0.15, 0.2) is 24.5 Å². The van der Waals surface area contributed by atoms with Crippen molar-refractivity contribution in [3.63, 3.8) is 0 Å². The Balaban J connectivity index is 1.63. The molecule has 0 bridgehead atoms. The van der Waals surface area contributed by atoms with Gasteiger partial charge in [0.05, 0.1) is 6.61 Å². The highest BCUT2D eigenvalue weighted by Gasteiger charge is 2.28. The number of ether oxygens (including phenoxy) is 1. The fourth-order valence-corrected chi connectivity index (χ4v) is 2.64. The van der Waals surface area contributed by atoms with Gasteiger partial charge in [-0.25, -0.2) is 9.50 Å². The van der Waals surface area contributed by atoms with Gasteiger partial charge in [0.2, 0.25) is 0 Å². The Bertz CT molecular complexity index is 592. The molecule has 1 aliphatic heterocycles. The molecule has 0 N–H and O–H groups in total. The summed E-state index contributed by atoms with van der Waals surface area (Å²) in [6.45, 7) is 5.17. The Morgan fingerprint density at radius 2 is 2.43 bits per heavy atom. The summed E-state index contributed by atoms with van der Waals surface area (Å²) >= 11 is 0. The first-order chi connectivity index (χ1) is 10.3. The lowest BCUT2D eigenvalue weighted by Gasteiger charge is -2.15. The van der Waals surface area contributed by atoms with E-state index in [2.05, 4.69) is 17.0 Å². The van der Waals surface area contributed by atoms with Crippen molar-refractivity contribution in [2.24, 2.45) is 5.92 Å². The van der Waals surface area contributed by atoms with Gasteiger partial charge in [-0.1, -0.05) is 6.92 Å². The van der Waals surface area contributed by atoms with Gasteiger partial charge in [0.15, 0.2) is 11.3 Å². The molecule has 0 saturated carbocycles. The first-order valence-corrected chi connectivity index (χ1v) is 7.45. The molecule has 3 heterocycles. The second-order valence-electron chi connectivity index (χ2n) is 5.43. The smallest absolute Gasteiger partial charge is 0.274 e. The predicted molar refractivity (Wildman–Crippen MR) is 78.1 cm³/mol. The van der Waals surface area contributed by atoms with Crippen molar-refractivity contribution < 1.29 is 9.53 Å². The van der Waals surface area contributed by atoms with E-state index in [0.29, 0.717) is 17.3 Å². The van der Waals surface area contributed by atoms with Crippen molar-refractivity contribution in [1.82, 2.24) is 19.5 Å². The van der Waals surface area contributed by atoms with Gasteiger partial charge >= 0.3 is 0 Å². The topological polar surface area (TPSA) is 59.7 Å². The maximum atomic E-state index is 12.5. The summed E-state index contributed by atoms with van der Waals surface area (Å²) in [5, 5.41) is 4.29. The van der Waals surface area contributed by atoms with Crippen LogP contribution in [-0.4, -0.2) is 51.7 Å². The molecule has 21 heavy (non-hydrogen) atoms. The van der Waals surface area contributed by atoms with Crippen LogP contribution in [0.3, 0.4) is 0 Å². The highest BCUT2D eigenvalue weighted by atomic mass is 16.5. The summed E-state index contributed by atoms with van der Waals surface area (Å²) in [4.78, 5) is 18.5. The minimum absolute atomic E-state index is 0.0153. The zero-order valence-electron chi connectivity index (χ0n) is 12.2. The van der Waals surface area contributed by atoms with Crippen LogP contribution in [0.1, 0.15) is 30.3 Å². The second-order valence-corrected chi connectivity index (χ2v) is 5.43. The maximum Gasteiger partial charge on any atom is 0.274 e. The molecular weight excluding hydrogens is 268 g/mol. The largest absolute Gasteiger partial charge is 0.381 e. The minimum atomic E-state index is -0.0153. The van der Waals surface area contributed by atoms with Gasteiger partial charge < -0.3 is 9.64 Å². The Hall–Kier alpha value is -1.95. The Labute approximate surface area is 123 Å². The van der Waals surface area contributed by atoms with Gasteiger partial charge in [0, 0.05) is 44.1 Å². The summed E-state index contributed by atoms with van der Waals surface area (Å²) in [5.41, 5.74) is 1.16. The van der Waals surface area contributed by atoms with Crippen LogP contribution in [0.4, 0.5) is 0 Å². The molecule has 1 aliphatic rings. The Morgan fingerprint density at radius 1 is 1.52 bits per heavy atom. The normalized spacial score (nSPS) is 18.5. The molecular formula is C15H20N4O2. The Kier molecular flexibility index (Phi) is 4.15. The number of aromatic nitrogens is 3. The predicted octanol–water partition coefficient (Wildman–Crippen LogP) is 1.62. The third-order valence-electron chi connectivity index (χ3n) is 3.73. The van der Waals surface area contributed by atoms with E-state index < -0.39 is 0 Å². The van der Waals surface area contributed by atoms with E-state index in [9.17, 15) is 4.79 Å². The number of carbonyl (C=O) groups excluding carboxylic acids is 1. The first kappa shape index (κ1) is 14.0. The van der Waals surface area contributed by atoms with E-state index in [-0.39, 0.29) is 5.91 Å². The Morgan fingerprint density at radius 3 is 3.24 bits per heavy atom. The number of likely N-dealkylation sites (tertiary alicyclic amines) is 1. The molecule has 3 rings (SSSR count). The number of nitrogens with zero attached hydrogens (tertiary/aromatic N) is 4. The molecule has 1 fully saturated rings. The number of rotatable bonds is 5. The molecule has 0 unspecified atom stereocenters. The third kappa shape index (κ3) is 3.05. The van der Waals surface area contributed by atoms with Gasteiger partial charge in [0.1, 0.15) is 0 Å². The molecule has 6 heteroatoms. The summed E-state index contributed by atoms with van der Waals surface area (Å²) in [7, 11) is 0. The number of fused-ring (bicyclic) bond motifs is 1. The molecule has 0 radical (unpaired) electrons. The van der Waals surface area contributed by atoms with Crippen LogP contribution in [0.2, 0.25) is 0 Å². The van der Waals surface area contributed by atoms with Crippen molar-refractivity contribution >= 4 is 11.6 Å². The summed E-state index contributed by atoms with van der Waals surface area (Å²) < 4.78 is 7.21. The van der Waals surface area contributed by atoms with Crippen LogP contribution < -0.4 is 0 Å². The summed E-state index contributed by atoms with van der Waals surface area (Å²) in [5.74, 6) is 0.425. The summed E-state index contributed by atoms with van der Waals surface area (Å²) in [6, 6.07) is 3.54. The van der Waals surface area contributed by atoms with E-state index in [4.69, 9.17) is 4.74 Å². The molecule has 0 aliphatic carbocycles. The van der Waals surface area contributed by atoms with Gasteiger partial charge in [-0.15, -0.1) is 0 Å². The van der Waals surface area contributed by atoms with E-state index in [0.717, 1.165) is 39.1 Å². The fourth-order valence-electron chi connectivity index (χ4n) is 2.64. The lowest BCUT2D eigenvalue weighted by Crippen LogP contribution is -2.29. The molecule has 1 saturated heterocycles. The van der Waals surface area contributed by atoms with Crippen molar-refractivity contribution in [3.8, 4) is 0 Å². The van der Waals surface area contributed by atoms with Crippen molar-refractivity contribution in [1.29, 1.82) is 0 Å². The van der Waals surface area contributed by atoms with Crippen molar-refractivity contribution in [2.45, 2.75) is 19.8 Å². The average Bonchev–Trinajstić information content (AvgIpc) is 3.13. The SMILES string of the molecule is CCCOC[C@H]1CCN(C(=O)c2cc3ncccn3n2)C1. The molecule has 1 atom stereocenters. The van der Waals surface area contributed by atoms with Gasteiger partial charge in [0.25, 0.3) is 5.91 Å². The maximum absolute atomic E-state index is 12.5. The minimum Gasteiger partial charge on any atom is -0.381 e. The highest BCUT2D eigenvalue weighted by Crippen LogP contribution is 2.19. The molecule has 1 amide bonds. The van der Waals surface area contributed by atoms with Gasteiger partial charge in [-0.3, -0.25) is 4.79 Å². The molecule has 0 spiro atoms. The number of carbonyl (C=O) groups is 1. The van der Waals surface area contributed by atoms with Crippen molar-refractivity contribution in [3.05, 3.63) is 30.2 Å². The average molecular weight is 288 g/mol. The first-order valence-electron chi connectivity index (χ1n) is 7.45. The number of hydrogen-bond acceptors (Lipinski definition) is 4. The second kappa shape index (κ2) is 6.22. The molecule has 6 nitrogen and oxygen atoms in total. The van der Waals surface area contributed by atoms with Crippen LogP contribution in [0, 0.1) is 5.92 Å². The lowest BCUT2D eigenvalue weighted by atomic mass is 10.1. The fraction of sp³-hybridized carbons (Fsp3) is 0.533. The lowest BCUT2D eigenvalue weighted by molar-refractivity contribution is 0.0749. The van der Waals surface area contributed by atoms with Crippen LogP contribution in [0.25, 0.3) is 5.65 Å². The number of amides is 1. The molecule has 2 aromatic heterocycles. The monoisotopic (exact) mass is 288 g/mol. The van der Waals surface area contributed by atoms with Gasteiger partial charge in [-0.2, -0.15) is 5.10 Å². The van der Waals surface area contributed by atoms with Crippen molar-refractivity contribution in [2.75, 3.05) is 26.3 Å². The molecule has 112 valence electrons. The standard InChI is InChI=1S/C15H20N4O2/c1-2-8-21-11-12-4-7-18(10-12)15(20)13-9-14-16-5-3-6-19(14)17-13/h3,5-6,9,12H,2,4,7-8,10-11H2,1H3/t12-/m0/s1. The van der Waals surface area contributed by atoms with Crippen LogP contribution >= 0.6 is 0 Å². The highest BCUT2D eigenvalue weighted by molar-refractivity contribution is 5.93. The zero-order valence-corrected chi connectivity index (χ0v) is 12.2. The van der Waals surface area contributed by atoms with E-state index >= 15 is 0 Å². The van der Waals surface area contributed by atoms with Crippen LogP contribution in [-0.2, 0) is 4.74 Å². The molecule has 2 aromatic rings. The quantitative estimate of drug-likeness (QED) is 0.784. The van der Waals surface area contributed by atoms with E-state index in [1.165, 1.54) is 0 Å². The number of hydrogen-bond donors (Lipinski definition) is 0. The zero-order chi connectivity index (χ0) is 14.7. The summed E-state index contributed by atoms with van der Waals surface area (Å²) in [6.07, 6.45) is 5.53. The molecule has 0 aromatic carbocycles. The van der Waals surface area contributed by atoms with E-state index in [1.54, 1.807) is 29.0 Å². The van der Waals surface area contributed by atoms with Gasteiger partial charge in [-0.05, 0) is 18.9 Å². The van der Waals surface area contributed by atoms with E-state index in [1.807, 2.05) is 4.90 Å².